The van der Waals surface area contributed by atoms with E-state index in [-0.39, 0.29) is 23.0 Å². The molecule has 1 atom stereocenters. The van der Waals surface area contributed by atoms with E-state index < -0.39 is 5.56 Å². The van der Waals surface area contributed by atoms with Crippen molar-refractivity contribution >= 4 is 12.2 Å². The number of anilines is 1. The van der Waals surface area contributed by atoms with Gasteiger partial charge in [0.15, 0.2) is 0 Å². The number of hydrogen-bond donors (Lipinski definition) is 2. The number of benzene rings is 2. The number of nitrogens with zero attached hydrogens (tertiary/aromatic N) is 4. The standard InChI is InChI=1S/C25H25FN6O/c1-17-7-5-6-12-32(17)16-20-11-10-18(13-22(20)26)15-28-31-25-29-23(19-8-3-2-4-9-19)21(14-27)24(33)30-25/h2-4,8-11,13,15,17H,5-7,12,16H2,1H3,(H2,29,30,31,33). The zero-order valence-corrected chi connectivity index (χ0v) is 18.4. The Balaban J connectivity index is 1.48. The van der Waals surface area contributed by atoms with E-state index in [1.807, 2.05) is 18.2 Å². The number of hydrazone groups is 1. The van der Waals surface area contributed by atoms with Gasteiger partial charge >= 0.3 is 0 Å². The van der Waals surface area contributed by atoms with Gasteiger partial charge in [-0.25, -0.2) is 14.8 Å². The Morgan fingerprint density at radius 3 is 2.85 bits per heavy atom. The second kappa shape index (κ2) is 10.2. The summed E-state index contributed by atoms with van der Waals surface area (Å²) in [4.78, 5) is 21.4. The van der Waals surface area contributed by atoms with Gasteiger partial charge in [0.2, 0.25) is 5.95 Å². The zero-order chi connectivity index (χ0) is 23.2. The van der Waals surface area contributed by atoms with E-state index in [0.29, 0.717) is 29.3 Å². The molecule has 1 saturated heterocycles. The first-order valence-corrected chi connectivity index (χ1v) is 11.0. The lowest BCUT2D eigenvalue weighted by Crippen LogP contribution is -2.36. The maximum atomic E-state index is 14.7. The van der Waals surface area contributed by atoms with Crippen molar-refractivity contribution in [3.8, 4) is 17.3 Å². The van der Waals surface area contributed by atoms with Gasteiger partial charge in [-0.05, 0) is 37.9 Å². The predicted octanol–water partition coefficient (Wildman–Crippen LogP) is 4.27. The van der Waals surface area contributed by atoms with Crippen LogP contribution in [-0.2, 0) is 6.54 Å². The van der Waals surface area contributed by atoms with E-state index in [2.05, 4.69) is 32.3 Å². The van der Waals surface area contributed by atoms with Crippen molar-refractivity contribution in [2.45, 2.75) is 38.8 Å². The monoisotopic (exact) mass is 444 g/mol. The molecule has 0 radical (unpaired) electrons. The molecule has 33 heavy (non-hydrogen) atoms. The van der Waals surface area contributed by atoms with Crippen LogP contribution in [-0.4, -0.2) is 33.7 Å². The number of rotatable bonds is 6. The second-order valence-electron chi connectivity index (χ2n) is 8.15. The van der Waals surface area contributed by atoms with Crippen molar-refractivity contribution in [1.29, 1.82) is 5.26 Å². The van der Waals surface area contributed by atoms with Crippen LogP contribution >= 0.6 is 0 Å². The van der Waals surface area contributed by atoms with E-state index in [4.69, 9.17) is 0 Å². The molecule has 4 rings (SSSR count). The number of hydrogen-bond acceptors (Lipinski definition) is 6. The Labute approximate surface area is 191 Å². The van der Waals surface area contributed by atoms with Gasteiger partial charge in [0.25, 0.3) is 5.56 Å². The van der Waals surface area contributed by atoms with E-state index in [1.54, 1.807) is 30.3 Å². The van der Waals surface area contributed by atoms with Crippen LogP contribution in [0.4, 0.5) is 10.3 Å². The average Bonchev–Trinajstić information content (AvgIpc) is 2.82. The van der Waals surface area contributed by atoms with Crippen LogP contribution in [0.1, 0.15) is 42.9 Å². The number of nitrogens with one attached hydrogen (secondary N) is 2. The minimum absolute atomic E-state index is 0.0728. The third kappa shape index (κ3) is 5.33. The summed E-state index contributed by atoms with van der Waals surface area (Å²) in [7, 11) is 0. The number of halogens is 1. The van der Waals surface area contributed by atoms with Crippen LogP contribution in [0.15, 0.2) is 58.4 Å². The molecule has 1 fully saturated rings. The molecule has 168 valence electrons. The van der Waals surface area contributed by atoms with E-state index in [1.165, 1.54) is 18.7 Å². The summed E-state index contributed by atoms with van der Waals surface area (Å²) in [5.74, 6) is -0.182. The van der Waals surface area contributed by atoms with E-state index in [0.717, 1.165) is 19.4 Å². The maximum Gasteiger partial charge on any atom is 0.270 e. The molecule has 0 bridgehead atoms. The first-order chi connectivity index (χ1) is 16.0. The first kappa shape index (κ1) is 22.4. The van der Waals surface area contributed by atoms with Gasteiger partial charge in [-0.3, -0.25) is 14.7 Å². The number of H-pyrrole nitrogens is 1. The summed E-state index contributed by atoms with van der Waals surface area (Å²) in [6, 6.07) is 16.4. The Morgan fingerprint density at radius 2 is 2.12 bits per heavy atom. The van der Waals surface area contributed by atoms with Crippen molar-refractivity contribution in [3.05, 3.63) is 81.4 Å². The van der Waals surface area contributed by atoms with Crippen molar-refractivity contribution in [2.24, 2.45) is 5.10 Å². The smallest absolute Gasteiger partial charge is 0.270 e. The molecule has 2 aromatic carbocycles. The van der Waals surface area contributed by atoms with Crippen molar-refractivity contribution in [3.63, 3.8) is 0 Å². The molecule has 1 aromatic heterocycles. The van der Waals surface area contributed by atoms with Gasteiger partial charge in [-0.1, -0.05) is 48.9 Å². The molecule has 0 aliphatic carbocycles. The highest BCUT2D eigenvalue weighted by Gasteiger charge is 2.19. The lowest BCUT2D eigenvalue weighted by molar-refractivity contribution is 0.151. The molecule has 3 aromatic rings. The SMILES string of the molecule is CC1CCCCN1Cc1ccc(C=NNc2nc(-c3ccccc3)c(C#N)c(=O)[nH]2)cc1F. The highest BCUT2D eigenvalue weighted by Crippen LogP contribution is 2.21. The average molecular weight is 445 g/mol. The third-order valence-electron chi connectivity index (χ3n) is 5.85. The fraction of sp³-hybridized carbons (Fsp3) is 0.280. The van der Waals surface area contributed by atoms with Crippen LogP contribution < -0.4 is 11.0 Å². The molecule has 0 saturated carbocycles. The van der Waals surface area contributed by atoms with Crippen molar-refractivity contribution in [1.82, 2.24) is 14.9 Å². The van der Waals surface area contributed by atoms with Crippen molar-refractivity contribution < 1.29 is 4.39 Å². The Bertz CT molecular complexity index is 1250. The molecule has 1 aliphatic heterocycles. The molecule has 2 heterocycles. The quantitative estimate of drug-likeness (QED) is 0.437. The van der Waals surface area contributed by atoms with Gasteiger partial charge in [0, 0.05) is 23.7 Å². The Hall–Kier alpha value is -3.83. The van der Waals surface area contributed by atoms with Crippen LogP contribution in [0, 0.1) is 17.1 Å². The minimum Gasteiger partial charge on any atom is -0.296 e. The number of piperidine rings is 1. The Kier molecular flexibility index (Phi) is 6.91. The fourth-order valence-electron chi connectivity index (χ4n) is 3.99. The molecule has 2 N–H and O–H groups in total. The summed E-state index contributed by atoms with van der Waals surface area (Å²) in [6.45, 7) is 3.78. The van der Waals surface area contributed by atoms with Gasteiger partial charge in [-0.15, -0.1) is 0 Å². The molecular weight excluding hydrogens is 419 g/mol. The summed E-state index contributed by atoms with van der Waals surface area (Å²) in [5, 5.41) is 13.4. The highest BCUT2D eigenvalue weighted by molar-refractivity contribution is 5.80. The minimum atomic E-state index is -0.564. The molecule has 1 aliphatic rings. The number of aromatic amines is 1. The fourth-order valence-corrected chi connectivity index (χ4v) is 3.99. The van der Waals surface area contributed by atoms with Crippen LogP contribution in [0.25, 0.3) is 11.3 Å². The van der Waals surface area contributed by atoms with E-state index in [9.17, 15) is 14.4 Å². The zero-order valence-electron chi connectivity index (χ0n) is 18.4. The topological polar surface area (TPSA) is 97.2 Å². The molecule has 0 amide bonds. The van der Waals surface area contributed by atoms with Gasteiger partial charge in [-0.2, -0.15) is 10.4 Å². The summed E-state index contributed by atoms with van der Waals surface area (Å²) in [5.41, 5.74) is 4.18. The number of aromatic nitrogens is 2. The van der Waals surface area contributed by atoms with Crippen LogP contribution in [0.5, 0.6) is 0 Å². The number of nitriles is 1. The second-order valence-corrected chi connectivity index (χ2v) is 8.15. The molecule has 8 heteroatoms. The normalized spacial score (nSPS) is 16.6. The number of likely N-dealkylation sites (tertiary alicyclic amines) is 1. The molecule has 7 nitrogen and oxygen atoms in total. The van der Waals surface area contributed by atoms with E-state index >= 15 is 0 Å². The van der Waals surface area contributed by atoms with Crippen molar-refractivity contribution in [2.75, 3.05) is 12.0 Å². The summed E-state index contributed by atoms with van der Waals surface area (Å²) >= 11 is 0. The third-order valence-corrected chi connectivity index (χ3v) is 5.85. The molecular formula is C25H25FN6O. The van der Waals surface area contributed by atoms with Crippen LogP contribution in [0.3, 0.4) is 0 Å². The lowest BCUT2D eigenvalue weighted by Gasteiger charge is -2.33. The van der Waals surface area contributed by atoms with Gasteiger partial charge in [0.1, 0.15) is 17.4 Å². The van der Waals surface area contributed by atoms with Crippen LogP contribution in [0.2, 0.25) is 0 Å². The maximum absolute atomic E-state index is 14.7. The Morgan fingerprint density at radius 1 is 1.30 bits per heavy atom. The lowest BCUT2D eigenvalue weighted by atomic mass is 10.0. The van der Waals surface area contributed by atoms with Gasteiger partial charge in [0.05, 0.1) is 11.9 Å². The largest absolute Gasteiger partial charge is 0.296 e. The summed E-state index contributed by atoms with van der Waals surface area (Å²) in [6.07, 6.45) is 4.99. The summed E-state index contributed by atoms with van der Waals surface area (Å²) < 4.78 is 14.7. The first-order valence-electron chi connectivity index (χ1n) is 11.0. The highest BCUT2D eigenvalue weighted by atomic mass is 19.1. The molecule has 0 spiro atoms. The van der Waals surface area contributed by atoms with Gasteiger partial charge < -0.3 is 0 Å². The predicted molar refractivity (Wildman–Crippen MR) is 126 cm³/mol. The molecule has 1 unspecified atom stereocenters.